The maximum atomic E-state index is 12.3. The van der Waals surface area contributed by atoms with Crippen LogP contribution in [0, 0.1) is 5.41 Å². The predicted molar refractivity (Wildman–Crippen MR) is 43.0 cm³/mol. The summed E-state index contributed by atoms with van der Waals surface area (Å²) in [6.07, 6.45) is 0. The van der Waals surface area contributed by atoms with E-state index in [1.165, 1.54) is 6.92 Å². The van der Waals surface area contributed by atoms with Gasteiger partial charge in [-0.3, -0.25) is 9.18 Å². The molecule has 1 N–H and O–H groups in total. The van der Waals surface area contributed by atoms with Crippen molar-refractivity contribution in [3.05, 3.63) is 0 Å². The third kappa shape index (κ3) is 3.35. The molecule has 3 heteroatoms. The number of alkyl halides is 1. The van der Waals surface area contributed by atoms with Crippen LogP contribution in [-0.4, -0.2) is 18.6 Å². The molecule has 0 saturated carbocycles. The van der Waals surface area contributed by atoms with Gasteiger partial charge in [0.15, 0.2) is 0 Å². The largest absolute Gasteiger partial charge is 0.353 e. The van der Waals surface area contributed by atoms with Crippen molar-refractivity contribution in [3.8, 4) is 0 Å². The summed E-state index contributed by atoms with van der Waals surface area (Å²) in [7, 11) is 0. The monoisotopic (exact) mass is 161 g/mol. The number of hydrogen-bond donors (Lipinski definition) is 1. The Bertz CT molecular complexity index is 145. The zero-order chi connectivity index (χ0) is 9.07. The number of nitrogens with one attached hydrogen (secondary N) is 1. The molecule has 0 bridgehead atoms. The van der Waals surface area contributed by atoms with Crippen LogP contribution in [-0.2, 0) is 4.79 Å². The number of halogens is 1. The van der Waals surface area contributed by atoms with Gasteiger partial charge in [-0.2, -0.15) is 0 Å². The van der Waals surface area contributed by atoms with Crippen molar-refractivity contribution in [2.45, 2.75) is 33.7 Å². The molecule has 0 spiro atoms. The summed E-state index contributed by atoms with van der Waals surface area (Å²) in [5, 5.41) is 2.66. The molecule has 1 unspecified atom stereocenters. The fourth-order valence-electron chi connectivity index (χ4n) is 0.616. The van der Waals surface area contributed by atoms with Crippen LogP contribution in [0.5, 0.6) is 0 Å². The second-order valence-electron chi connectivity index (χ2n) is 3.54. The van der Waals surface area contributed by atoms with E-state index in [9.17, 15) is 9.18 Å². The Morgan fingerprint density at radius 2 is 2.09 bits per heavy atom. The highest BCUT2D eigenvalue weighted by atomic mass is 19.1. The van der Waals surface area contributed by atoms with Gasteiger partial charge in [-0.05, 0) is 6.92 Å². The molecule has 0 aliphatic carbocycles. The Labute approximate surface area is 67.2 Å². The molecule has 0 aliphatic heterocycles. The van der Waals surface area contributed by atoms with Gasteiger partial charge in [0.25, 0.3) is 0 Å². The van der Waals surface area contributed by atoms with Crippen LogP contribution in [0.3, 0.4) is 0 Å². The van der Waals surface area contributed by atoms with Gasteiger partial charge in [0, 0.05) is 18.4 Å². The van der Waals surface area contributed by atoms with Crippen molar-refractivity contribution in [1.82, 2.24) is 5.32 Å². The molecule has 0 fully saturated rings. The summed E-state index contributed by atoms with van der Waals surface area (Å²) in [5.74, 6) is -0.112. The van der Waals surface area contributed by atoms with Gasteiger partial charge in [-0.25, -0.2) is 0 Å². The average Bonchev–Trinajstić information content (AvgIpc) is 1.86. The van der Waals surface area contributed by atoms with Gasteiger partial charge in [0.05, 0.1) is 6.67 Å². The predicted octanol–water partition coefficient (Wildman–Crippen LogP) is 1.51. The topological polar surface area (TPSA) is 29.1 Å². The Hall–Kier alpha value is -0.600. The molecule has 11 heavy (non-hydrogen) atoms. The first-order valence-electron chi connectivity index (χ1n) is 3.73. The zero-order valence-corrected chi connectivity index (χ0v) is 7.57. The Kier molecular flexibility index (Phi) is 3.49. The van der Waals surface area contributed by atoms with Crippen molar-refractivity contribution in [1.29, 1.82) is 0 Å². The van der Waals surface area contributed by atoms with E-state index in [2.05, 4.69) is 5.32 Å². The highest BCUT2D eigenvalue weighted by Crippen LogP contribution is 2.20. The van der Waals surface area contributed by atoms with E-state index < -0.39 is 12.1 Å². The van der Waals surface area contributed by atoms with E-state index >= 15 is 0 Å². The van der Waals surface area contributed by atoms with E-state index in [1.54, 1.807) is 20.8 Å². The molecule has 0 radical (unpaired) electrons. The molecule has 66 valence electrons. The van der Waals surface area contributed by atoms with Crippen LogP contribution >= 0.6 is 0 Å². The molecular formula is C8H16FNO. The van der Waals surface area contributed by atoms with E-state index in [0.29, 0.717) is 0 Å². The molecule has 0 saturated heterocycles. The Balaban J connectivity index is 4.01. The minimum absolute atomic E-state index is 0.112. The van der Waals surface area contributed by atoms with Gasteiger partial charge in [0.2, 0.25) is 5.91 Å². The minimum Gasteiger partial charge on any atom is -0.353 e. The van der Waals surface area contributed by atoms with Gasteiger partial charge in [0.1, 0.15) is 0 Å². The molecule has 1 amide bonds. The quantitative estimate of drug-likeness (QED) is 0.667. The molecule has 0 aromatic heterocycles. The highest BCUT2D eigenvalue weighted by molar-refractivity contribution is 5.73. The van der Waals surface area contributed by atoms with Crippen LogP contribution in [0.15, 0.2) is 0 Å². The molecular weight excluding hydrogens is 145 g/mol. The molecule has 2 nitrogen and oxygen atoms in total. The van der Waals surface area contributed by atoms with E-state index in [-0.39, 0.29) is 11.9 Å². The summed E-state index contributed by atoms with van der Waals surface area (Å²) >= 11 is 0. The number of rotatable bonds is 3. The minimum atomic E-state index is -0.467. The number of hydrogen-bond acceptors (Lipinski definition) is 1. The Morgan fingerprint density at radius 3 is 2.36 bits per heavy atom. The summed E-state index contributed by atoms with van der Waals surface area (Å²) in [6.45, 7) is 6.39. The first-order valence-corrected chi connectivity index (χ1v) is 3.73. The second-order valence-corrected chi connectivity index (χ2v) is 3.54. The van der Waals surface area contributed by atoms with Crippen molar-refractivity contribution in [2.24, 2.45) is 5.41 Å². The smallest absolute Gasteiger partial charge is 0.217 e. The number of carbonyl (C=O) groups excluding carboxylic acids is 1. The van der Waals surface area contributed by atoms with Crippen LogP contribution in [0.4, 0.5) is 4.39 Å². The number of carbonyl (C=O) groups is 1. The lowest BCUT2D eigenvalue weighted by molar-refractivity contribution is -0.120. The molecule has 0 aliphatic rings. The van der Waals surface area contributed by atoms with Gasteiger partial charge >= 0.3 is 0 Å². The van der Waals surface area contributed by atoms with E-state index in [0.717, 1.165) is 0 Å². The summed E-state index contributed by atoms with van der Waals surface area (Å²) < 4.78 is 12.3. The van der Waals surface area contributed by atoms with Crippen molar-refractivity contribution < 1.29 is 9.18 Å². The lowest BCUT2D eigenvalue weighted by Gasteiger charge is -2.28. The third-order valence-electron chi connectivity index (χ3n) is 1.94. The molecule has 0 rings (SSSR count). The lowest BCUT2D eigenvalue weighted by atomic mass is 9.87. The summed E-state index contributed by atoms with van der Waals surface area (Å²) in [5.41, 5.74) is -0.467. The van der Waals surface area contributed by atoms with E-state index in [1.807, 2.05) is 0 Å². The maximum absolute atomic E-state index is 12.3. The van der Waals surface area contributed by atoms with Crippen LogP contribution in [0.2, 0.25) is 0 Å². The molecule has 1 atom stereocenters. The summed E-state index contributed by atoms with van der Waals surface area (Å²) in [4.78, 5) is 10.6. The van der Waals surface area contributed by atoms with Gasteiger partial charge < -0.3 is 5.32 Å². The summed E-state index contributed by atoms with van der Waals surface area (Å²) in [6, 6.07) is -0.120. The van der Waals surface area contributed by atoms with E-state index in [4.69, 9.17) is 0 Å². The standard InChI is InChI=1S/C8H16FNO/c1-6(10-7(2)11)8(3,4)5-9/h6H,5H2,1-4H3,(H,10,11). The van der Waals surface area contributed by atoms with Crippen molar-refractivity contribution >= 4 is 5.91 Å². The van der Waals surface area contributed by atoms with Crippen LogP contribution in [0.1, 0.15) is 27.7 Å². The van der Waals surface area contributed by atoms with Crippen molar-refractivity contribution in [2.75, 3.05) is 6.67 Å². The average molecular weight is 161 g/mol. The number of amides is 1. The third-order valence-corrected chi connectivity index (χ3v) is 1.94. The van der Waals surface area contributed by atoms with Crippen LogP contribution < -0.4 is 5.32 Å². The second kappa shape index (κ2) is 3.69. The Morgan fingerprint density at radius 1 is 1.64 bits per heavy atom. The maximum Gasteiger partial charge on any atom is 0.217 e. The van der Waals surface area contributed by atoms with Gasteiger partial charge in [-0.15, -0.1) is 0 Å². The normalized spacial score (nSPS) is 14.3. The fourth-order valence-corrected chi connectivity index (χ4v) is 0.616. The SMILES string of the molecule is CC(=O)NC(C)C(C)(C)CF. The van der Waals surface area contributed by atoms with Crippen molar-refractivity contribution in [3.63, 3.8) is 0 Å². The first-order chi connectivity index (χ1) is 4.90. The molecule has 0 aromatic rings. The molecule has 0 heterocycles. The highest BCUT2D eigenvalue weighted by Gasteiger charge is 2.26. The first kappa shape index (κ1) is 10.4. The van der Waals surface area contributed by atoms with Crippen LogP contribution in [0.25, 0.3) is 0 Å². The lowest BCUT2D eigenvalue weighted by Crippen LogP contribution is -2.43. The fraction of sp³-hybridized carbons (Fsp3) is 0.875. The molecule has 0 aromatic carbocycles. The zero-order valence-electron chi connectivity index (χ0n) is 7.57. The van der Waals surface area contributed by atoms with Gasteiger partial charge in [-0.1, -0.05) is 13.8 Å².